The first-order valence-corrected chi connectivity index (χ1v) is 11.8. The van der Waals surface area contributed by atoms with Crippen LogP contribution >= 0.6 is 0 Å². The van der Waals surface area contributed by atoms with Crippen LogP contribution in [0.25, 0.3) is 16.7 Å². The number of benzene rings is 2. The molecule has 1 saturated heterocycles. The summed E-state index contributed by atoms with van der Waals surface area (Å²) < 4.78 is 6.01. The van der Waals surface area contributed by atoms with Gasteiger partial charge >= 0.3 is 6.09 Å². The molecule has 5 heteroatoms. The van der Waals surface area contributed by atoms with Crippen molar-refractivity contribution in [2.75, 3.05) is 6.61 Å². The van der Waals surface area contributed by atoms with Gasteiger partial charge in [0.05, 0.1) is 6.04 Å². The highest BCUT2D eigenvalue weighted by Crippen LogP contribution is 2.45. The Morgan fingerprint density at radius 2 is 1.67 bits per heavy atom. The molecule has 1 aromatic heterocycles. The summed E-state index contributed by atoms with van der Waals surface area (Å²) in [5.74, 6) is 0.859. The van der Waals surface area contributed by atoms with Crippen LogP contribution in [0.2, 0.25) is 0 Å². The van der Waals surface area contributed by atoms with Gasteiger partial charge in [0.1, 0.15) is 12.4 Å². The summed E-state index contributed by atoms with van der Waals surface area (Å²) in [5.41, 5.74) is 7.28. The lowest BCUT2D eigenvalue weighted by molar-refractivity contribution is 0.0539. The summed E-state index contributed by atoms with van der Waals surface area (Å²) in [7, 11) is 0. The summed E-state index contributed by atoms with van der Waals surface area (Å²) in [5, 5.41) is 0. The Labute approximate surface area is 194 Å². The Kier molecular flexibility index (Phi) is 4.97. The number of ether oxygens (including phenoxy) is 1. The number of fused-ring (bicyclic) bond motifs is 5. The minimum Gasteiger partial charge on any atom is -0.448 e. The predicted molar refractivity (Wildman–Crippen MR) is 128 cm³/mol. The number of carbonyl (C=O) groups excluding carboxylic acids is 1. The second-order valence-corrected chi connectivity index (χ2v) is 9.28. The number of carbonyl (C=O) groups is 1. The van der Waals surface area contributed by atoms with Crippen LogP contribution in [-0.4, -0.2) is 39.7 Å². The second kappa shape index (κ2) is 8.14. The maximum absolute atomic E-state index is 13.3. The van der Waals surface area contributed by atoms with Gasteiger partial charge in [-0.05, 0) is 60.4 Å². The van der Waals surface area contributed by atoms with Crippen LogP contribution < -0.4 is 0 Å². The van der Waals surface area contributed by atoms with E-state index in [2.05, 4.69) is 64.6 Å². The Hall–Kier alpha value is -3.47. The number of nitrogens with zero attached hydrogens (tertiary/aromatic N) is 3. The van der Waals surface area contributed by atoms with E-state index in [4.69, 9.17) is 4.74 Å². The van der Waals surface area contributed by atoms with Crippen molar-refractivity contribution in [2.45, 2.75) is 50.6 Å². The van der Waals surface area contributed by atoms with Gasteiger partial charge in [0.15, 0.2) is 0 Å². The van der Waals surface area contributed by atoms with E-state index in [1.54, 1.807) is 0 Å². The zero-order valence-corrected chi connectivity index (χ0v) is 18.8. The van der Waals surface area contributed by atoms with E-state index in [0.29, 0.717) is 6.61 Å². The minimum absolute atomic E-state index is 0.0736. The molecular weight excluding hydrogens is 410 g/mol. The van der Waals surface area contributed by atoms with Crippen LogP contribution in [0.15, 0.2) is 67.0 Å². The summed E-state index contributed by atoms with van der Waals surface area (Å²) in [6.07, 6.45) is 9.76. The van der Waals surface area contributed by atoms with Crippen molar-refractivity contribution >= 4 is 11.7 Å². The maximum atomic E-state index is 13.3. The zero-order valence-electron chi connectivity index (χ0n) is 18.8. The normalized spacial score (nSPS) is 21.2. The molecule has 3 aliphatic rings. The first-order chi connectivity index (χ1) is 16.2. The van der Waals surface area contributed by atoms with Crippen molar-refractivity contribution in [3.05, 3.63) is 89.5 Å². The SMILES string of the molecule is Cc1ncc(C2=CC3CCCC(C2)N3C(=O)OCC2c3ccccc3-c3ccccc32)cn1. The van der Waals surface area contributed by atoms with E-state index in [0.717, 1.165) is 37.1 Å². The Morgan fingerprint density at radius 3 is 2.33 bits per heavy atom. The van der Waals surface area contributed by atoms with Gasteiger partial charge in [0.2, 0.25) is 0 Å². The average Bonchev–Trinajstić information content (AvgIpc) is 3.16. The molecule has 2 bridgehead atoms. The highest BCUT2D eigenvalue weighted by molar-refractivity contribution is 5.79. The van der Waals surface area contributed by atoms with E-state index < -0.39 is 0 Å². The molecule has 3 heterocycles. The number of hydrogen-bond acceptors (Lipinski definition) is 4. The molecule has 0 spiro atoms. The van der Waals surface area contributed by atoms with Crippen LogP contribution in [0.1, 0.15) is 54.1 Å². The summed E-state index contributed by atoms with van der Waals surface area (Å²) in [6, 6.07) is 17.1. The molecule has 0 saturated carbocycles. The van der Waals surface area contributed by atoms with Gasteiger partial charge in [-0.3, -0.25) is 4.90 Å². The number of aromatic nitrogens is 2. The van der Waals surface area contributed by atoms with Gasteiger partial charge in [-0.15, -0.1) is 0 Å². The average molecular weight is 438 g/mol. The molecule has 1 aliphatic carbocycles. The lowest BCUT2D eigenvalue weighted by atomic mass is 9.83. The zero-order chi connectivity index (χ0) is 22.4. The summed E-state index contributed by atoms with van der Waals surface area (Å²) in [6.45, 7) is 2.26. The Balaban J connectivity index is 1.22. The first kappa shape index (κ1) is 20.2. The van der Waals surface area contributed by atoms with Gasteiger partial charge in [0, 0.05) is 29.9 Å². The van der Waals surface area contributed by atoms with Crippen molar-refractivity contribution in [3.63, 3.8) is 0 Å². The van der Waals surface area contributed by atoms with Crippen LogP contribution in [0, 0.1) is 6.92 Å². The van der Waals surface area contributed by atoms with E-state index in [1.165, 1.54) is 27.8 Å². The number of aryl methyl sites for hydroxylation is 1. The topological polar surface area (TPSA) is 55.3 Å². The number of piperidine rings is 1. The van der Waals surface area contributed by atoms with E-state index in [1.807, 2.05) is 24.2 Å². The molecule has 6 rings (SSSR count). The highest BCUT2D eigenvalue weighted by atomic mass is 16.6. The molecular formula is C28H27N3O2. The fraction of sp³-hybridized carbons (Fsp3) is 0.321. The third-order valence-electron chi connectivity index (χ3n) is 7.34. The summed E-state index contributed by atoms with van der Waals surface area (Å²) >= 11 is 0. The molecule has 3 aromatic rings. The van der Waals surface area contributed by atoms with Crippen molar-refractivity contribution < 1.29 is 9.53 Å². The standard InChI is InChI=1S/C28H27N3O2/c1-18-29-15-20(16-30-18)19-13-21-7-6-8-22(14-19)31(21)28(32)33-17-27-25-11-4-2-9-23(25)24-10-3-5-12-26(24)27/h2-5,9-13,15-16,21-22,27H,6-8,14,17H2,1H3. The molecule has 2 aromatic carbocycles. The van der Waals surface area contributed by atoms with E-state index >= 15 is 0 Å². The molecule has 5 nitrogen and oxygen atoms in total. The van der Waals surface area contributed by atoms with Crippen molar-refractivity contribution in [3.8, 4) is 11.1 Å². The predicted octanol–water partition coefficient (Wildman–Crippen LogP) is 5.74. The smallest absolute Gasteiger partial charge is 0.410 e. The fourth-order valence-electron chi connectivity index (χ4n) is 5.76. The minimum atomic E-state index is -0.193. The lowest BCUT2D eigenvalue weighted by Gasteiger charge is -2.44. The fourth-order valence-corrected chi connectivity index (χ4v) is 5.76. The number of hydrogen-bond donors (Lipinski definition) is 0. The first-order valence-electron chi connectivity index (χ1n) is 11.8. The third kappa shape index (κ3) is 3.52. The van der Waals surface area contributed by atoms with E-state index in [-0.39, 0.29) is 24.1 Å². The number of amides is 1. The van der Waals surface area contributed by atoms with Gasteiger partial charge in [-0.25, -0.2) is 14.8 Å². The van der Waals surface area contributed by atoms with E-state index in [9.17, 15) is 4.79 Å². The van der Waals surface area contributed by atoms with Crippen LogP contribution in [0.4, 0.5) is 4.79 Å². The monoisotopic (exact) mass is 437 g/mol. The highest BCUT2D eigenvalue weighted by Gasteiger charge is 2.39. The largest absolute Gasteiger partial charge is 0.448 e. The molecule has 0 radical (unpaired) electrons. The Morgan fingerprint density at radius 1 is 1.00 bits per heavy atom. The van der Waals surface area contributed by atoms with Crippen molar-refractivity contribution in [2.24, 2.45) is 0 Å². The molecule has 2 unspecified atom stereocenters. The quantitative estimate of drug-likeness (QED) is 0.524. The maximum Gasteiger partial charge on any atom is 0.410 e. The molecule has 2 atom stereocenters. The lowest BCUT2D eigenvalue weighted by Crippen LogP contribution is -2.51. The molecule has 166 valence electrons. The number of rotatable bonds is 3. The summed E-state index contributed by atoms with van der Waals surface area (Å²) in [4.78, 5) is 24.0. The van der Waals surface area contributed by atoms with Gasteiger partial charge in [0.25, 0.3) is 0 Å². The second-order valence-electron chi connectivity index (χ2n) is 9.28. The molecule has 33 heavy (non-hydrogen) atoms. The van der Waals surface area contributed by atoms with Gasteiger partial charge < -0.3 is 4.74 Å². The van der Waals surface area contributed by atoms with Crippen molar-refractivity contribution in [1.82, 2.24) is 14.9 Å². The van der Waals surface area contributed by atoms with Crippen LogP contribution in [0.3, 0.4) is 0 Å². The molecule has 1 amide bonds. The van der Waals surface area contributed by atoms with Crippen LogP contribution in [0.5, 0.6) is 0 Å². The van der Waals surface area contributed by atoms with Gasteiger partial charge in [-0.2, -0.15) is 0 Å². The molecule has 2 aliphatic heterocycles. The molecule has 0 N–H and O–H groups in total. The Bertz CT molecular complexity index is 1190. The third-order valence-corrected chi connectivity index (χ3v) is 7.34. The van der Waals surface area contributed by atoms with Crippen LogP contribution in [-0.2, 0) is 4.74 Å². The van der Waals surface area contributed by atoms with Crippen molar-refractivity contribution in [1.29, 1.82) is 0 Å². The molecule has 1 fully saturated rings. The van der Waals surface area contributed by atoms with Gasteiger partial charge in [-0.1, -0.05) is 54.6 Å².